The Balaban J connectivity index is 1.77. The smallest absolute Gasteiger partial charge is 0.225 e. The standard InChI is InChI=1S/C15H21N5O/c1-16-8-2-3-15(21)18-14-7-12-20(19-14)11-6-13-4-9-17-10-5-13/h4-5,7,9-10,12,16H,2-3,6,8,11H2,1H3,(H,18,19,21). The van der Waals surface area contributed by atoms with E-state index in [0.717, 1.165) is 25.9 Å². The van der Waals surface area contributed by atoms with Gasteiger partial charge in [-0.2, -0.15) is 5.10 Å². The van der Waals surface area contributed by atoms with Crippen LogP contribution in [0, 0.1) is 0 Å². The number of nitrogens with one attached hydrogen (secondary N) is 2. The highest BCUT2D eigenvalue weighted by molar-refractivity contribution is 5.89. The third-order valence-corrected chi connectivity index (χ3v) is 3.12. The van der Waals surface area contributed by atoms with Crippen LogP contribution in [0.5, 0.6) is 0 Å². The summed E-state index contributed by atoms with van der Waals surface area (Å²) >= 11 is 0. The largest absolute Gasteiger partial charge is 0.320 e. The summed E-state index contributed by atoms with van der Waals surface area (Å²) in [4.78, 5) is 15.7. The summed E-state index contributed by atoms with van der Waals surface area (Å²) in [6.07, 6.45) is 7.67. The summed E-state index contributed by atoms with van der Waals surface area (Å²) in [5.74, 6) is 0.615. The van der Waals surface area contributed by atoms with Gasteiger partial charge in [0.05, 0.1) is 0 Å². The van der Waals surface area contributed by atoms with E-state index in [9.17, 15) is 4.79 Å². The Morgan fingerprint density at radius 3 is 2.86 bits per heavy atom. The number of hydrogen-bond acceptors (Lipinski definition) is 4. The highest BCUT2D eigenvalue weighted by Gasteiger charge is 2.04. The third kappa shape index (κ3) is 5.35. The maximum Gasteiger partial charge on any atom is 0.225 e. The Labute approximate surface area is 124 Å². The summed E-state index contributed by atoms with van der Waals surface area (Å²) in [7, 11) is 1.88. The second kappa shape index (κ2) is 8.16. The average Bonchev–Trinajstić information content (AvgIpc) is 2.94. The molecule has 0 saturated heterocycles. The molecule has 0 aliphatic rings. The number of hydrogen-bond donors (Lipinski definition) is 2. The highest BCUT2D eigenvalue weighted by atomic mass is 16.1. The van der Waals surface area contributed by atoms with Crippen molar-refractivity contribution in [3.63, 3.8) is 0 Å². The summed E-state index contributed by atoms with van der Waals surface area (Å²) in [5, 5.41) is 10.2. The molecule has 2 heterocycles. The van der Waals surface area contributed by atoms with Gasteiger partial charge >= 0.3 is 0 Å². The first-order valence-electron chi connectivity index (χ1n) is 7.15. The molecule has 0 aliphatic carbocycles. The molecule has 6 heteroatoms. The van der Waals surface area contributed by atoms with Crippen molar-refractivity contribution in [2.75, 3.05) is 18.9 Å². The number of pyridine rings is 1. The molecular weight excluding hydrogens is 266 g/mol. The van der Waals surface area contributed by atoms with Crippen molar-refractivity contribution in [2.24, 2.45) is 0 Å². The van der Waals surface area contributed by atoms with Gasteiger partial charge in [-0.25, -0.2) is 0 Å². The maximum atomic E-state index is 11.7. The predicted molar refractivity (Wildman–Crippen MR) is 82.0 cm³/mol. The first-order chi connectivity index (χ1) is 10.3. The molecule has 0 atom stereocenters. The van der Waals surface area contributed by atoms with Crippen molar-refractivity contribution >= 4 is 11.7 Å². The fourth-order valence-corrected chi connectivity index (χ4v) is 1.98. The minimum absolute atomic E-state index is 0.00429. The van der Waals surface area contributed by atoms with E-state index in [4.69, 9.17) is 0 Å². The summed E-state index contributed by atoms with van der Waals surface area (Å²) < 4.78 is 1.84. The second-order valence-electron chi connectivity index (χ2n) is 4.82. The molecule has 2 rings (SSSR count). The molecule has 0 radical (unpaired) electrons. The monoisotopic (exact) mass is 287 g/mol. The molecule has 112 valence electrons. The van der Waals surface area contributed by atoms with Crippen molar-refractivity contribution in [3.8, 4) is 0 Å². The molecule has 1 amide bonds. The first-order valence-corrected chi connectivity index (χ1v) is 7.15. The van der Waals surface area contributed by atoms with Crippen molar-refractivity contribution in [2.45, 2.75) is 25.8 Å². The quantitative estimate of drug-likeness (QED) is 0.721. The van der Waals surface area contributed by atoms with E-state index in [1.807, 2.05) is 36.1 Å². The molecule has 0 unspecified atom stereocenters. The molecule has 6 nitrogen and oxygen atoms in total. The minimum Gasteiger partial charge on any atom is -0.320 e. The highest BCUT2D eigenvalue weighted by Crippen LogP contribution is 2.06. The molecule has 0 aliphatic heterocycles. The van der Waals surface area contributed by atoms with Gasteiger partial charge < -0.3 is 10.6 Å². The van der Waals surface area contributed by atoms with Gasteiger partial charge in [0.15, 0.2) is 5.82 Å². The first kappa shape index (κ1) is 15.2. The SMILES string of the molecule is CNCCCC(=O)Nc1ccn(CCc2ccncc2)n1. The summed E-state index contributed by atoms with van der Waals surface area (Å²) in [5.41, 5.74) is 1.22. The van der Waals surface area contributed by atoms with Crippen LogP contribution < -0.4 is 10.6 Å². The van der Waals surface area contributed by atoms with Crippen LogP contribution in [0.2, 0.25) is 0 Å². The normalized spacial score (nSPS) is 10.5. The van der Waals surface area contributed by atoms with Crippen LogP contribution in [-0.4, -0.2) is 34.3 Å². The summed E-state index contributed by atoms with van der Waals surface area (Å²) in [6, 6.07) is 5.81. The molecule has 2 aromatic heterocycles. The maximum absolute atomic E-state index is 11.7. The van der Waals surface area contributed by atoms with Gasteiger partial charge in [-0.05, 0) is 44.1 Å². The van der Waals surface area contributed by atoms with Gasteiger partial charge in [-0.15, -0.1) is 0 Å². The van der Waals surface area contributed by atoms with E-state index >= 15 is 0 Å². The third-order valence-electron chi connectivity index (χ3n) is 3.12. The van der Waals surface area contributed by atoms with Gasteiger partial charge in [0.2, 0.25) is 5.91 Å². The van der Waals surface area contributed by atoms with Gasteiger partial charge in [0.25, 0.3) is 0 Å². The van der Waals surface area contributed by atoms with E-state index in [0.29, 0.717) is 12.2 Å². The Morgan fingerprint density at radius 1 is 1.29 bits per heavy atom. The molecule has 2 N–H and O–H groups in total. The number of amides is 1. The van der Waals surface area contributed by atoms with Crippen LogP contribution in [0.15, 0.2) is 36.8 Å². The Kier molecular flexibility index (Phi) is 5.90. The topological polar surface area (TPSA) is 71.8 Å². The number of carbonyl (C=O) groups excluding carboxylic acids is 1. The molecule has 0 fully saturated rings. The van der Waals surface area contributed by atoms with Gasteiger partial charge in [0.1, 0.15) is 0 Å². The predicted octanol–water partition coefficient (Wildman–Crippen LogP) is 1.46. The van der Waals surface area contributed by atoms with Crippen LogP contribution in [0.3, 0.4) is 0 Å². The van der Waals surface area contributed by atoms with Crippen molar-refractivity contribution < 1.29 is 4.79 Å². The minimum atomic E-state index is 0.00429. The van der Waals surface area contributed by atoms with Crippen molar-refractivity contribution in [3.05, 3.63) is 42.4 Å². The zero-order chi connectivity index (χ0) is 14.9. The second-order valence-corrected chi connectivity index (χ2v) is 4.82. The molecule has 0 spiro atoms. The molecule has 0 saturated carbocycles. The zero-order valence-corrected chi connectivity index (χ0v) is 12.2. The van der Waals surface area contributed by atoms with Gasteiger partial charge in [0, 0.05) is 37.6 Å². The van der Waals surface area contributed by atoms with Crippen LogP contribution in [0.4, 0.5) is 5.82 Å². The van der Waals surface area contributed by atoms with Crippen LogP contribution in [0.25, 0.3) is 0 Å². The number of carbonyl (C=O) groups is 1. The lowest BCUT2D eigenvalue weighted by Gasteiger charge is -2.03. The Hall–Kier alpha value is -2.21. The Bertz CT molecular complexity index is 552. The Morgan fingerprint density at radius 2 is 2.10 bits per heavy atom. The van der Waals surface area contributed by atoms with E-state index in [-0.39, 0.29) is 5.91 Å². The fourth-order valence-electron chi connectivity index (χ4n) is 1.98. The van der Waals surface area contributed by atoms with Crippen molar-refractivity contribution in [1.82, 2.24) is 20.1 Å². The molecular formula is C15H21N5O. The fraction of sp³-hybridized carbons (Fsp3) is 0.400. The molecule has 0 bridgehead atoms. The number of nitrogens with zero attached hydrogens (tertiary/aromatic N) is 3. The summed E-state index contributed by atoms with van der Waals surface area (Å²) in [6.45, 7) is 1.62. The molecule has 2 aromatic rings. The van der Waals surface area contributed by atoms with Crippen LogP contribution in [0.1, 0.15) is 18.4 Å². The van der Waals surface area contributed by atoms with Crippen LogP contribution in [-0.2, 0) is 17.8 Å². The number of aromatic nitrogens is 3. The average molecular weight is 287 g/mol. The number of aryl methyl sites for hydroxylation is 2. The van der Waals surface area contributed by atoms with Gasteiger partial charge in [-0.3, -0.25) is 14.5 Å². The lowest BCUT2D eigenvalue weighted by Crippen LogP contribution is -2.15. The van der Waals surface area contributed by atoms with E-state index < -0.39 is 0 Å². The van der Waals surface area contributed by atoms with Crippen molar-refractivity contribution in [1.29, 1.82) is 0 Å². The number of rotatable bonds is 8. The van der Waals surface area contributed by atoms with E-state index in [2.05, 4.69) is 20.7 Å². The lowest BCUT2D eigenvalue weighted by molar-refractivity contribution is -0.116. The zero-order valence-electron chi connectivity index (χ0n) is 12.2. The van der Waals surface area contributed by atoms with E-state index in [1.165, 1.54) is 5.56 Å². The van der Waals surface area contributed by atoms with Gasteiger partial charge in [-0.1, -0.05) is 0 Å². The number of anilines is 1. The van der Waals surface area contributed by atoms with E-state index in [1.54, 1.807) is 12.4 Å². The molecule has 21 heavy (non-hydrogen) atoms. The van der Waals surface area contributed by atoms with Crippen LogP contribution >= 0.6 is 0 Å². The lowest BCUT2D eigenvalue weighted by atomic mass is 10.2. The molecule has 0 aromatic carbocycles.